The maximum Gasteiger partial charge on any atom is 0.336 e. The second kappa shape index (κ2) is 11.1. The third-order valence-electron chi connectivity index (χ3n) is 7.59. The average molecular weight is 483 g/mol. The third-order valence-corrected chi connectivity index (χ3v) is 9.47. The van der Waals surface area contributed by atoms with E-state index in [0.29, 0.717) is 18.1 Å². The van der Waals surface area contributed by atoms with Crippen molar-refractivity contribution in [2.75, 3.05) is 6.61 Å². The van der Waals surface area contributed by atoms with Crippen LogP contribution in [-0.2, 0) is 17.3 Å². The highest BCUT2D eigenvalue weighted by Crippen LogP contribution is 2.43. The van der Waals surface area contributed by atoms with Gasteiger partial charge in [-0.15, -0.1) is 11.3 Å². The third kappa shape index (κ3) is 6.33. The summed E-state index contributed by atoms with van der Waals surface area (Å²) in [5.74, 6) is 1.38. The largest absolute Gasteiger partial charge is 0.493 e. The van der Waals surface area contributed by atoms with Gasteiger partial charge in [-0.25, -0.2) is 4.79 Å². The van der Waals surface area contributed by atoms with Crippen molar-refractivity contribution in [1.29, 1.82) is 0 Å². The molecule has 0 spiro atoms. The van der Waals surface area contributed by atoms with Gasteiger partial charge in [0.15, 0.2) is 0 Å². The number of ether oxygens (including phenoxy) is 1. The maximum atomic E-state index is 11.4. The second-order valence-corrected chi connectivity index (χ2v) is 12.1. The number of hydrogen-bond acceptors (Lipinski definition) is 4. The zero-order chi connectivity index (χ0) is 24.9. The van der Waals surface area contributed by atoms with Crippen LogP contribution in [0, 0.1) is 5.92 Å². The van der Waals surface area contributed by atoms with E-state index in [1.807, 2.05) is 12.1 Å². The molecule has 3 rings (SSSR count). The smallest absolute Gasteiger partial charge is 0.336 e. The molecule has 3 aromatic rings. The molecule has 0 atom stereocenters. The van der Waals surface area contributed by atoms with Crippen LogP contribution in [0.15, 0.2) is 45.6 Å². The van der Waals surface area contributed by atoms with Crippen LogP contribution in [0.2, 0.25) is 0 Å². The van der Waals surface area contributed by atoms with Gasteiger partial charge < -0.3 is 9.15 Å². The van der Waals surface area contributed by atoms with Crippen LogP contribution >= 0.6 is 11.3 Å². The Labute approximate surface area is 209 Å². The molecule has 0 saturated carbocycles. The number of aryl methyl sites for hydroxylation is 1. The van der Waals surface area contributed by atoms with Crippen LogP contribution in [0.1, 0.15) is 95.9 Å². The summed E-state index contributed by atoms with van der Waals surface area (Å²) in [6.07, 6.45) is 6.93. The molecular formula is C30H42O3S. The summed E-state index contributed by atoms with van der Waals surface area (Å²) in [6, 6.07) is 11.4. The Hall–Kier alpha value is -2.07. The summed E-state index contributed by atoms with van der Waals surface area (Å²) >= 11 is 2.05. The summed E-state index contributed by atoms with van der Waals surface area (Å²) in [5.41, 5.74) is 2.25. The molecule has 2 heterocycles. The first-order chi connectivity index (χ1) is 16.0. The van der Waals surface area contributed by atoms with Gasteiger partial charge in [0.05, 0.1) is 6.61 Å². The van der Waals surface area contributed by atoms with E-state index in [1.165, 1.54) is 23.8 Å². The number of fused-ring (bicyclic) bond motifs is 1. The summed E-state index contributed by atoms with van der Waals surface area (Å²) in [6.45, 7) is 17.2. The molecule has 0 fully saturated rings. The van der Waals surface area contributed by atoms with Crippen LogP contribution < -0.4 is 10.4 Å². The molecule has 3 nitrogen and oxygen atoms in total. The Balaban J connectivity index is 1.50. The minimum absolute atomic E-state index is 0.212. The normalized spacial score (nSPS) is 12.6. The molecule has 2 aromatic heterocycles. The highest BCUT2D eigenvalue weighted by atomic mass is 32.1. The van der Waals surface area contributed by atoms with Crippen LogP contribution in [-0.4, -0.2) is 6.61 Å². The highest BCUT2D eigenvalue weighted by Gasteiger charge is 2.31. The van der Waals surface area contributed by atoms with Crippen LogP contribution in [0.4, 0.5) is 0 Å². The average Bonchev–Trinajstić information content (AvgIpc) is 3.24. The fourth-order valence-corrected chi connectivity index (χ4v) is 5.67. The molecule has 0 radical (unpaired) electrons. The number of rotatable bonds is 12. The lowest BCUT2D eigenvalue weighted by Gasteiger charge is -2.28. The van der Waals surface area contributed by atoms with E-state index in [4.69, 9.17) is 9.15 Å². The van der Waals surface area contributed by atoms with Gasteiger partial charge in [0.1, 0.15) is 11.3 Å². The van der Waals surface area contributed by atoms with E-state index in [0.717, 1.165) is 36.8 Å². The molecule has 0 aliphatic rings. The van der Waals surface area contributed by atoms with Gasteiger partial charge in [0, 0.05) is 32.7 Å². The van der Waals surface area contributed by atoms with E-state index in [2.05, 4.69) is 65.9 Å². The minimum atomic E-state index is -0.333. The van der Waals surface area contributed by atoms with Crippen molar-refractivity contribution < 1.29 is 9.15 Å². The lowest BCUT2D eigenvalue weighted by atomic mass is 9.79. The van der Waals surface area contributed by atoms with Crippen molar-refractivity contribution in [3.63, 3.8) is 0 Å². The standard InChI is InChI=1S/C30H42O3S/c1-8-29(4,5)28-23(19-26(34-28)30(6,7)21(2)3)13-11-9-10-12-18-32-24-16-14-22-15-17-27(31)33-25(22)20-24/h14-17,19-21H,8-13,18H2,1-7H3. The molecule has 34 heavy (non-hydrogen) atoms. The van der Waals surface area contributed by atoms with Crippen molar-refractivity contribution in [2.24, 2.45) is 5.92 Å². The van der Waals surface area contributed by atoms with Crippen LogP contribution in [0.3, 0.4) is 0 Å². The zero-order valence-corrected chi connectivity index (χ0v) is 22.9. The van der Waals surface area contributed by atoms with E-state index in [1.54, 1.807) is 22.6 Å². The Bertz CT molecular complexity index is 1130. The monoisotopic (exact) mass is 482 g/mol. The SMILES string of the molecule is CCC(C)(C)c1sc(C(C)(C)C(C)C)cc1CCCCCCOc1ccc2ccc(=O)oc2c1. The zero-order valence-electron chi connectivity index (χ0n) is 22.1. The van der Waals surface area contributed by atoms with Gasteiger partial charge in [0.2, 0.25) is 0 Å². The molecule has 0 N–H and O–H groups in total. The first-order valence-electron chi connectivity index (χ1n) is 12.8. The second-order valence-electron chi connectivity index (χ2n) is 11.0. The van der Waals surface area contributed by atoms with Gasteiger partial charge in [-0.05, 0) is 66.8 Å². The fraction of sp³-hybridized carbons (Fsp3) is 0.567. The van der Waals surface area contributed by atoms with Crippen molar-refractivity contribution in [3.05, 3.63) is 62.1 Å². The molecule has 0 unspecified atom stereocenters. The lowest BCUT2D eigenvalue weighted by Crippen LogP contribution is -2.22. The summed E-state index contributed by atoms with van der Waals surface area (Å²) in [5, 5.41) is 0.908. The molecule has 4 heteroatoms. The van der Waals surface area contributed by atoms with Crippen molar-refractivity contribution in [2.45, 2.75) is 97.8 Å². The predicted molar refractivity (Wildman–Crippen MR) is 146 cm³/mol. The molecule has 0 aliphatic carbocycles. The van der Waals surface area contributed by atoms with E-state index in [9.17, 15) is 4.79 Å². The quantitative estimate of drug-likeness (QED) is 0.191. The summed E-state index contributed by atoms with van der Waals surface area (Å²) in [7, 11) is 0. The van der Waals surface area contributed by atoms with Gasteiger partial charge in [-0.2, -0.15) is 0 Å². The number of benzene rings is 1. The molecule has 1 aromatic carbocycles. The molecule has 186 valence electrons. The molecule has 0 aliphatic heterocycles. The van der Waals surface area contributed by atoms with Crippen molar-refractivity contribution >= 4 is 22.3 Å². The lowest BCUT2D eigenvalue weighted by molar-refractivity contribution is 0.304. The topological polar surface area (TPSA) is 39.4 Å². The predicted octanol–water partition coefficient (Wildman–Crippen LogP) is 8.66. The molecule has 0 amide bonds. The molecular weight excluding hydrogens is 440 g/mol. The Morgan fingerprint density at radius 3 is 2.38 bits per heavy atom. The Kier molecular flexibility index (Phi) is 8.67. The Morgan fingerprint density at radius 2 is 1.68 bits per heavy atom. The fourth-order valence-electron chi connectivity index (χ4n) is 4.04. The van der Waals surface area contributed by atoms with Crippen LogP contribution in [0.5, 0.6) is 5.75 Å². The van der Waals surface area contributed by atoms with Crippen molar-refractivity contribution in [3.8, 4) is 5.75 Å². The number of unbranched alkanes of at least 4 members (excludes halogenated alkanes) is 3. The summed E-state index contributed by atoms with van der Waals surface area (Å²) in [4.78, 5) is 14.5. The van der Waals surface area contributed by atoms with Crippen LogP contribution in [0.25, 0.3) is 11.0 Å². The van der Waals surface area contributed by atoms with E-state index in [-0.39, 0.29) is 16.5 Å². The molecule has 0 saturated heterocycles. The molecule has 0 bridgehead atoms. The van der Waals surface area contributed by atoms with E-state index < -0.39 is 0 Å². The van der Waals surface area contributed by atoms with Gasteiger partial charge in [0.25, 0.3) is 0 Å². The van der Waals surface area contributed by atoms with Gasteiger partial charge in [-0.3, -0.25) is 0 Å². The number of hydrogen-bond donors (Lipinski definition) is 0. The first-order valence-corrected chi connectivity index (χ1v) is 13.7. The van der Waals surface area contributed by atoms with Gasteiger partial charge in [-0.1, -0.05) is 61.3 Å². The van der Waals surface area contributed by atoms with Crippen molar-refractivity contribution in [1.82, 2.24) is 0 Å². The Morgan fingerprint density at radius 1 is 0.971 bits per heavy atom. The minimum Gasteiger partial charge on any atom is -0.493 e. The maximum absolute atomic E-state index is 11.4. The van der Waals surface area contributed by atoms with E-state index >= 15 is 0 Å². The first kappa shape index (κ1) is 26.5. The van der Waals surface area contributed by atoms with Gasteiger partial charge >= 0.3 is 5.63 Å². The summed E-state index contributed by atoms with van der Waals surface area (Å²) < 4.78 is 11.1. The highest BCUT2D eigenvalue weighted by molar-refractivity contribution is 7.12. The number of thiophene rings is 1.